The second kappa shape index (κ2) is 6.68. The van der Waals surface area contributed by atoms with E-state index in [0.717, 1.165) is 12.8 Å². The van der Waals surface area contributed by atoms with Crippen molar-refractivity contribution in [2.45, 2.75) is 26.7 Å². The molecule has 1 aromatic rings. The van der Waals surface area contributed by atoms with Gasteiger partial charge in [-0.1, -0.05) is 25.4 Å². The second-order valence-electron chi connectivity index (χ2n) is 4.48. The smallest absolute Gasteiger partial charge is 0.311 e. The first kappa shape index (κ1) is 15.7. The number of aliphatic hydroxyl groups is 1. The predicted octanol–water partition coefficient (Wildman–Crippen LogP) is 2.85. The zero-order valence-corrected chi connectivity index (χ0v) is 11.8. The van der Waals surface area contributed by atoms with Crippen molar-refractivity contribution < 1.29 is 10.0 Å². The largest absolute Gasteiger partial charge is 0.396 e. The van der Waals surface area contributed by atoms with Crippen molar-refractivity contribution in [3.8, 4) is 0 Å². The Hall–Kier alpha value is -1.40. The van der Waals surface area contributed by atoms with Gasteiger partial charge in [-0.25, -0.2) is 4.98 Å². The van der Waals surface area contributed by atoms with E-state index in [1.54, 1.807) is 0 Å². The standard InChI is InChI=1S/C12H18ClN3O3/c1-3-12(4-2,8-17)7-14-11-9(16(18)19)5-6-10(13)15-11/h5-6,17H,3-4,7-8H2,1-2H3,(H,14,15). The molecule has 0 radical (unpaired) electrons. The van der Waals surface area contributed by atoms with Crippen molar-refractivity contribution in [3.63, 3.8) is 0 Å². The fourth-order valence-corrected chi connectivity index (χ4v) is 1.90. The highest BCUT2D eigenvalue weighted by atomic mass is 35.5. The van der Waals surface area contributed by atoms with E-state index >= 15 is 0 Å². The highest BCUT2D eigenvalue weighted by Crippen LogP contribution is 2.29. The van der Waals surface area contributed by atoms with Gasteiger partial charge in [0.2, 0.25) is 5.82 Å². The van der Waals surface area contributed by atoms with Crippen LogP contribution in [0.5, 0.6) is 0 Å². The predicted molar refractivity (Wildman–Crippen MR) is 74.5 cm³/mol. The molecule has 0 aromatic carbocycles. The van der Waals surface area contributed by atoms with E-state index in [9.17, 15) is 15.2 Å². The third kappa shape index (κ3) is 3.78. The average molecular weight is 288 g/mol. The molecule has 0 saturated carbocycles. The zero-order valence-electron chi connectivity index (χ0n) is 11.0. The molecule has 0 spiro atoms. The van der Waals surface area contributed by atoms with Crippen LogP contribution in [0.3, 0.4) is 0 Å². The molecule has 1 rings (SSSR count). The Morgan fingerprint density at radius 1 is 1.47 bits per heavy atom. The SMILES string of the molecule is CCC(CC)(CO)CNc1nc(Cl)ccc1[N+](=O)[O-]. The molecule has 0 bridgehead atoms. The molecule has 2 N–H and O–H groups in total. The summed E-state index contributed by atoms with van der Waals surface area (Å²) in [6.45, 7) is 4.37. The number of pyridine rings is 1. The van der Waals surface area contributed by atoms with Gasteiger partial charge in [0.1, 0.15) is 5.15 Å². The molecule has 1 aromatic heterocycles. The number of aliphatic hydroxyl groups excluding tert-OH is 1. The Balaban J connectivity index is 2.93. The van der Waals surface area contributed by atoms with E-state index in [4.69, 9.17) is 11.6 Å². The van der Waals surface area contributed by atoms with Crippen molar-refractivity contribution in [3.05, 3.63) is 27.4 Å². The van der Waals surface area contributed by atoms with Gasteiger partial charge in [-0.3, -0.25) is 10.1 Å². The van der Waals surface area contributed by atoms with Gasteiger partial charge < -0.3 is 10.4 Å². The van der Waals surface area contributed by atoms with E-state index in [1.165, 1.54) is 12.1 Å². The van der Waals surface area contributed by atoms with E-state index < -0.39 is 4.92 Å². The lowest BCUT2D eigenvalue weighted by Gasteiger charge is -2.29. The van der Waals surface area contributed by atoms with Crippen LogP contribution < -0.4 is 5.32 Å². The van der Waals surface area contributed by atoms with Crippen LogP contribution in [0.1, 0.15) is 26.7 Å². The molecule has 0 unspecified atom stereocenters. The van der Waals surface area contributed by atoms with Crippen LogP contribution in [0, 0.1) is 15.5 Å². The van der Waals surface area contributed by atoms with Gasteiger partial charge >= 0.3 is 5.69 Å². The number of nitrogens with one attached hydrogen (secondary N) is 1. The normalized spacial score (nSPS) is 11.4. The summed E-state index contributed by atoms with van der Waals surface area (Å²) in [5.41, 5.74) is -0.429. The van der Waals surface area contributed by atoms with Gasteiger partial charge in [0, 0.05) is 18.0 Å². The Bertz CT molecular complexity index is 442. The van der Waals surface area contributed by atoms with Gasteiger partial charge in [-0.05, 0) is 18.9 Å². The van der Waals surface area contributed by atoms with Gasteiger partial charge in [-0.2, -0.15) is 0 Å². The number of hydrogen-bond acceptors (Lipinski definition) is 5. The van der Waals surface area contributed by atoms with Crippen LogP contribution in [0.15, 0.2) is 12.1 Å². The highest BCUT2D eigenvalue weighted by Gasteiger charge is 2.26. The molecular weight excluding hydrogens is 270 g/mol. The fourth-order valence-electron chi connectivity index (χ4n) is 1.76. The summed E-state index contributed by atoms with van der Waals surface area (Å²) in [5.74, 6) is 0.136. The number of halogens is 1. The summed E-state index contributed by atoms with van der Waals surface area (Å²) in [6.07, 6.45) is 1.53. The number of anilines is 1. The van der Waals surface area contributed by atoms with Crippen LogP contribution in [-0.4, -0.2) is 28.2 Å². The van der Waals surface area contributed by atoms with Crippen LogP contribution in [0.4, 0.5) is 11.5 Å². The molecule has 0 amide bonds. The minimum absolute atomic E-state index is 0.0152. The molecule has 0 aliphatic carbocycles. The summed E-state index contributed by atoms with van der Waals surface area (Å²) in [4.78, 5) is 14.3. The Labute approximate surface area is 117 Å². The lowest BCUT2D eigenvalue weighted by Crippen LogP contribution is -2.32. The molecular formula is C12H18ClN3O3. The maximum atomic E-state index is 10.9. The monoisotopic (exact) mass is 287 g/mol. The van der Waals surface area contributed by atoms with Crippen molar-refractivity contribution in [1.82, 2.24) is 4.98 Å². The van der Waals surface area contributed by atoms with Crippen LogP contribution in [0.2, 0.25) is 5.15 Å². The molecule has 19 heavy (non-hydrogen) atoms. The summed E-state index contributed by atoms with van der Waals surface area (Å²) in [5, 5.41) is 23.5. The molecule has 6 nitrogen and oxygen atoms in total. The Morgan fingerprint density at radius 2 is 2.11 bits per heavy atom. The summed E-state index contributed by atoms with van der Waals surface area (Å²) < 4.78 is 0. The van der Waals surface area contributed by atoms with E-state index in [-0.39, 0.29) is 28.7 Å². The van der Waals surface area contributed by atoms with Crippen LogP contribution >= 0.6 is 11.6 Å². The molecule has 0 saturated heterocycles. The first-order chi connectivity index (χ1) is 8.98. The van der Waals surface area contributed by atoms with Crippen molar-refractivity contribution in [2.24, 2.45) is 5.41 Å². The van der Waals surface area contributed by atoms with Gasteiger partial charge in [0.25, 0.3) is 0 Å². The Kier molecular flexibility index (Phi) is 5.50. The van der Waals surface area contributed by atoms with Crippen molar-refractivity contribution in [1.29, 1.82) is 0 Å². The van der Waals surface area contributed by atoms with E-state index in [1.807, 2.05) is 13.8 Å². The molecule has 106 valence electrons. The fraction of sp³-hybridized carbons (Fsp3) is 0.583. The number of aromatic nitrogens is 1. The number of rotatable bonds is 7. The lowest BCUT2D eigenvalue weighted by molar-refractivity contribution is -0.384. The number of nitro groups is 1. The summed E-state index contributed by atoms with van der Waals surface area (Å²) in [7, 11) is 0. The molecule has 1 heterocycles. The minimum atomic E-state index is -0.510. The topological polar surface area (TPSA) is 88.3 Å². The third-order valence-corrected chi connectivity index (χ3v) is 3.71. The summed E-state index contributed by atoms with van der Waals surface area (Å²) in [6, 6.07) is 2.69. The van der Waals surface area contributed by atoms with E-state index in [0.29, 0.717) is 6.54 Å². The average Bonchev–Trinajstić information content (AvgIpc) is 2.40. The Morgan fingerprint density at radius 3 is 2.58 bits per heavy atom. The van der Waals surface area contributed by atoms with Crippen LogP contribution in [-0.2, 0) is 0 Å². The van der Waals surface area contributed by atoms with Crippen molar-refractivity contribution in [2.75, 3.05) is 18.5 Å². The first-order valence-corrected chi connectivity index (χ1v) is 6.51. The summed E-state index contributed by atoms with van der Waals surface area (Å²) >= 11 is 5.75. The van der Waals surface area contributed by atoms with E-state index in [2.05, 4.69) is 10.3 Å². The maximum absolute atomic E-state index is 10.9. The number of nitrogens with zero attached hydrogens (tertiary/aromatic N) is 2. The quantitative estimate of drug-likeness (QED) is 0.457. The molecule has 0 atom stereocenters. The molecule has 0 aliphatic rings. The number of hydrogen-bond donors (Lipinski definition) is 2. The van der Waals surface area contributed by atoms with Crippen LogP contribution in [0.25, 0.3) is 0 Å². The van der Waals surface area contributed by atoms with Gasteiger partial charge in [0.05, 0.1) is 11.5 Å². The molecule has 7 heteroatoms. The van der Waals surface area contributed by atoms with Crippen molar-refractivity contribution >= 4 is 23.1 Å². The maximum Gasteiger partial charge on any atom is 0.311 e. The highest BCUT2D eigenvalue weighted by molar-refractivity contribution is 6.29. The van der Waals surface area contributed by atoms with Gasteiger partial charge in [-0.15, -0.1) is 0 Å². The second-order valence-corrected chi connectivity index (χ2v) is 4.86. The first-order valence-electron chi connectivity index (χ1n) is 6.13. The molecule has 0 aliphatic heterocycles. The van der Waals surface area contributed by atoms with Gasteiger partial charge in [0.15, 0.2) is 0 Å². The lowest BCUT2D eigenvalue weighted by atomic mass is 9.83. The molecule has 0 fully saturated rings. The third-order valence-electron chi connectivity index (χ3n) is 3.50. The zero-order chi connectivity index (χ0) is 14.5. The minimum Gasteiger partial charge on any atom is -0.396 e.